The Morgan fingerprint density at radius 2 is 1.67 bits per heavy atom. The number of aromatic nitrogens is 2. The molecule has 0 fully saturated rings. The van der Waals surface area contributed by atoms with E-state index in [9.17, 15) is 13.2 Å². The van der Waals surface area contributed by atoms with Crippen molar-refractivity contribution in [3.05, 3.63) is 65.9 Å². The molecule has 1 heterocycles. The van der Waals surface area contributed by atoms with Crippen LogP contribution in [0.1, 0.15) is 25.0 Å². The second-order valence-corrected chi connectivity index (χ2v) is 6.39. The highest BCUT2D eigenvalue weighted by molar-refractivity contribution is 5.65. The first-order valence-corrected chi connectivity index (χ1v) is 8.95. The molecule has 0 spiro atoms. The maximum atomic E-state index is 12.9. The van der Waals surface area contributed by atoms with Crippen LogP contribution in [0.15, 0.2) is 54.7 Å². The summed E-state index contributed by atoms with van der Waals surface area (Å²) in [4.78, 5) is 9.82. The Morgan fingerprint density at radius 1 is 0.963 bits per heavy atom. The van der Waals surface area contributed by atoms with E-state index in [4.69, 9.17) is 0 Å². The fraction of sp³-hybridized carbons (Fsp3) is 0.286. The van der Waals surface area contributed by atoms with Crippen LogP contribution < -0.4 is 0 Å². The largest absolute Gasteiger partial charge is 0.416 e. The van der Waals surface area contributed by atoms with Gasteiger partial charge in [-0.05, 0) is 36.9 Å². The Labute approximate surface area is 156 Å². The van der Waals surface area contributed by atoms with Gasteiger partial charge in [-0.2, -0.15) is 13.2 Å². The van der Waals surface area contributed by atoms with Crippen LogP contribution >= 0.6 is 0 Å². The monoisotopic (exact) mass is 373 g/mol. The van der Waals surface area contributed by atoms with E-state index in [1.54, 1.807) is 12.3 Å². The SMILES string of the molecule is CCN(CC)Cc1cccc(-c2ncc(-c3cccc(C(F)(F)F)c3)[nH]2)c1. The van der Waals surface area contributed by atoms with Crippen LogP contribution in [0, 0.1) is 0 Å². The van der Waals surface area contributed by atoms with Gasteiger partial charge in [0.05, 0.1) is 17.5 Å². The van der Waals surface area contributed by atoms with Gasteiger partial charge in [-0.15, -0.1) is 0 Å². The quantitative estimate of drug-likeness (QED) is 0.609. The first-order chi connectivity index (χ1) is 12.9. The van der Waals surface area contributed by atoms with Crippen molar-refractivity contribution in [1.29, 1.82) is 0 Å². The lowest BCUT2D eigenvalue weighted by atomic mass is 10.1. The number of nitrogens with one attached hydrogen (secondary N) is 1. The van der Waals surface area contributed by atoms with Gasteiger partial charge in [-0.3, -0.25) is 4.90 Å². The zero-order valence-electron chi connectivity index (χ0n) is 15.3. The number of hydrogen-bond acceptors (Lipinski definition) is 2. The Bertz CT molecular complexity index is 895. The number of rotatable bonds is 6. The third-order valence-electron chi connectivity index (χ3n) is 4.58. The fourth-order valence-corrected chi connectivity index (χ4v) is 3.00. The molecule has 0 aliphatic heterocycles. The number of H-pyrrole nitrogens is 1. The van der Waals surface area contributed by atoms with E-state index < -0.39 is 11.7 Å². The van der Waals surface area contributed by atoms with E-state index in [0.717, 1.165) is 37.3 Å². The summed E-state index contributed by atoms with van der Waals surface area (Å²) in [6.07, 6.45) is -2.79. The molecule has 3 rings (SSSR count). The zero-order chi connectivity index (χ0) is 19.4. The average molecular weight is 373 g/mol. The average Bonchev–Trinajstić information content (AvgIpc) is 3.16. The predicted molar refractivity (Wildman–Crippen MR) is 101 cm³/mol. The molecule has 1 aromatic heterocycles. The molecule has 0 radical (unpaired) electrons. The van der Waals surface area contributed by atoms with Crippen molar-refractivity contribution in [1.82, 2.24) is 14.9 Å². The number of halogens is 3. The summed E-state index contributed by atoms with van der Waals surface area (Å²) in [6.45, 7) is 7.05. The summed E-state index contributed by atoms with van der Waals surface area (Å²) in [6, 6.07) is 13.3. The van der Waals surface area contributed by atoms with E-state index in [0.29, 0.717) is 17.1 Å². The van der Waals surface area contributed by atoms with Crippen molar-refractivity contribution in [3.63, 3.8) is 0 Å². The van der Waals surface area contributed by atoms with Gasteiger partial charge in [0.2, 0.25) is 0 Å². The van der Waals surface area contributed by atoms with Crippen molar-refractivity contribution >= 4 is 0 Å². The summed E-state index contributed by atoms with van der Waals surface area (Å²) in [5.41, 5.74) is 2.44. The van der Waals surface area contributed by atoms with Gasteiger partial charge in [0.15, 0.2) is 0 Å². The highest BCUT2D eigenvalue weighted by atomic mass is 19.4. The first kappa shape index (κ1) is 19.2. The van der Waals surface area contributed by atoms with E-state index in [1.807, 2.05) is 12.1 Å². The minimum Gasteiger partial charge on any atom is -0.338 e. The molecular formula is C21H22F3N3. The molecule has 1 N–H and O–H groups in total. The van der Waals surface area contributed by atoms with Gasteiger partial charge in [0, 0.05) is 17.7 Å². The molecule has 0 aliphatic carbocycles. The van der Waals surface area contributed by atoms with E-state index in [1.165, 1.54) is 11.6 Å². The molecule has 0 bridgehead atoms. The van der Waals surface area contributed by atoms with Crippen LogP contribution in [0.2, 0.25) is 0 Å². The van der Waals surface area contributed by atoms with E-state index >= 15 is 0 Å². The Hall–Kier alpha value is -2.60. The Balaban J connectivity index is 1.86. The van der Waals surface area contributed by atoms with Crippen molar-refractivity contribution in [2.45, 2.75) is 26.6 Å². The molecule has 2 aromatic carbocycles. The van der Waals surface area contributed by atoms with Gasteiger partial charge in [0.25, 0.3) is 0 Å². The molecule has 142 valence electrons. The second kappa shape index (κ2) is 7.96. The predicted octanol–water partition coefficient (Wildman–Crippen LogP) is 5.60. The number of benzene rings is 2. The van der Waals surface area contributed by atoms with Gasteiger partial charge in [0.1, 0.15) is 5.82 Å². The molecule has 3 nitrogen and oxygen atoms in total. The topological polar surface area (TPSA) is 31.9 Å². The summed E-state index contributed by atoms with van der Waals surface area (Å²) in [7, 11) is 0. The molecule has 0 aliphatic rings. The summed E-state index contributed by atoms with van der Waals surface area (Å²) < 4.78 is 38.8. The van der Waals surface area contributed by atoms with Crippen LogP contribution in [0.25, 0.3) is 22.6 Å². The van der Waals surface area contributed by atoms with E-state index in [-0.39, 0.29) is 0 Å². The van der Waals surface area contributed by atoms with Crippen molar-refractivity contribution in [2.24, 2.45) is 0 Å². The minimum atomic E-state index is -4.36. The highest BCUT2D eigenvalue weighted by Crippen LogP contribution is 2.32. The molecule has 0 saturated heterocycles. The molecular weight excluding hydrogens is 351 g/mol. The Morgan fingerprint density at radius 3 is 2.37 bits per heavy atom. The van der Waals surface area contributed by atoms with Gasteiger partial charge < -0.3 is 4.98 Å². The van der Waals surface area contributed by atoms with Crippen LogP contribution in [0.5, 0.6) is 0 Å². The zero-order valence-corrected chi connectivity index (χ0v) is 15.3. The van der Waals surface area contributed by atoms with Crippen LogP contribution in [-0.2, 0) is 12.7 Å². The lowest BCUT2D eigenvalue weighted by molar-refractivity contribution is -0.137. The molecule has 0 atom stereocenters. The maximum Gasteiger partial charge on any atom is 0.416 e. The van der Waals surface area contributed by atoms with Crippen LogP contribution in [0.4, 0.5) is 13.2 Å². The number of alkyl halides is 3. The van der Waals surface area contributed by atoms with Crippen molar-refractivity contribution < 1.29 is 13.2 Å². The standard InChI is InChI=1S/C21H22F3N3/c1-3-27(4-2)14-15-7-5-9-17(11-15)20-25-13-19(26-20)16-8-6-10-18(12-16)21(22,23)24/h5-13H,3-4,14H2,1-2H3,(H,25,26). The maximum absolute atomic E-state index is 12.9. The number of hydrogen-bond donors (Lipinski definition) is 1. The molecule has 0 amide bonds. The minimum absolute atomic E-state index is 0.461. The molecule has 3 aromatic rings. The van der Waals surface area contributed by atoms with Gasteiger partial charge in [-0.25, -0.2) is 4.98 Å². The van der Waals surface area contributed by atoms with Crippen molar-refractivity contribution in [3.8, 4) is 22.6 Å². The smallest absolute Gasteiger partial charge is 0.338 e. The number of imidazole rings is 1. The van der Waals surface area contributed by atoms with Gasteiger partial charge >= 0.3 is 6.18 Å². The number of aromatic amines is 1. The fourth-order valence-electron chi connectivity index (χ4n) is 3.00. The summed E-state index contributed by atoms with van der Waals surface area (Å²) in [5.74, 6) is 0.642. The van der Waals surface area contributed by atoms with Crippen LogP contribution in [-0.4, -0.2) is 28.0 Å². The Kier molecular flexibility index (Phi) is 5.65. The lowest BCUT2D eigenvalue weighted by Crippen LogP contribution is -2.22. The molecule has 27 heavy (non-hydrogen) atoms. The molecule has 6 heteroatoms. The molecule has 0 unspecified atom stereocenters. The lowest BCUT2D eigenvalue weighted by Gasteiger charge is -2.18. The van der Waals surface area contributed by atoms with Crippen LogP contribution in [0.3, 0.4) is 0 Å². The third-order valence-corrected chi connectivity index (χ3v) is 4.58. The summed E-state index contributed by atoms with van der Waals surface area (Å²) >= 11 is 0. The summed E-state index contributed by atoms with van der Waals surface area (Å²) in [5, 5.41) is 0. The van der Waals surface area contributed by atoms with Gasteiger partial charge in [-0.1, -0.05) is 44.2 Å². The second-order valence-electron chi connectivity index (χ2n) is 6.39. The highest BCUT2D eigenvalue weighted by Gasteiger charge is 2.30. The first-order valence-electron chi connectivity index (χ1n) is 8.95. The normalized spacial score (nSPS) is 11.9. The van der Waals surface area contributed by atoms with E-state index in [2.05, 4.69) is 40.8 Å². The van der Waals surface area contributed by atoms with Crippen molar-refractivity contribution in [2.75, 3.05) is 13.1 Å². The third kappa shape index (κ3) is 4.57. The molecule has 0 saturated carbocycles. The number of nitrogens with zero attached hydrogens (tertiary/aromatic N) is 2.